The van der Waals surface area contributed by atoms with Crippen LogP contribution < -0.4 is 5.73 Å². The Morgan fingerprint density at radius 3 is 2.92 bits per heavy atom. The predicted octanol–water partition coefficient (Wildman–Crippen LogP) is 0.984. The first-order valence-corrected chi connectivity index (χ1v) is 4.10. The van der Waals surface area contributed by atoms with Crippen LogP contribution in [-0.4, -0.2) is 10.1 Å². The van der Waals surface area contributed by atoms with Gasteiger partial charge in [0.15, 0.2) is 0 Å². The van der Waals surface area contributed by atoms with Crippen LogP contribution in [0.5, 0.6) is 0 Å². The molecule has 1 atom stereocenters. The van der Waals surface area contributed by atoms with E-state index in [0.717, 1.165) is 12.1 Å². The number of aliphatic hydroxyl groups excluding tert-OH is 1. The van der Waals surface area contributed by atoms with E-state index >= 15 is 0 Å². The molecule has 0 amide bonds. The van der Waals surface area contributed by atoms with Gasteiger partial charge in [-0.15, -0.1) is 0 Å². The lowest BCUT2D eigenvalue weighted by molar-refractivity contribution is 0.276. The summed E-state index contributed by atoms with van der Waals surface area (Å²) in [7, 11) is 0. The van der Waals surface area contributed by atoms with Crippen LogP contribution >= 0.6 is 0 Å². The van der Waals surface area contributed by atoms with Crippen molar-refractivity contribution < 1.29 is 5.11 Å². The summed E-state index contributed by atoms with van der Waals surface area (Å²) in [5.74, 6) is 0. The Kier molecular flexibility index (Phi) is 3.19. The van der Waals surface area contributed by atoms with E-state index in [1.54, 1.807) is 6.07 Å². The molecule has 0 aromatic carbocycles. The third kappa shape index (κ3) is 2.03. The van der Waals surface area contributed by atoms with Gasteiger partial charge < -0.3 is 10.8 Å². The molecule has 66 valence electrons. The first-order valence-electron chi connectivity index (χ1n) is 4.10. The van der Waals surface area contributed by atoms with Crippen molar-refractivity contribution in [2.75, 3.05) is 0 Å². The van der Waals surface area contributed by atoms with E-state index < -0.39 is 0 Å². The average Bonchev–Trinajstić information content (AvgIpc) is 2.17. The second-order valence-electron chi connectivity index (χ2n) is 2.73. The summed E-state index contributed by atoms with van der Waals surface area (Å²) < 4.78 is 0. The van der Waals surface area contributed by atoms with E-state index in [1.807, 2.05) is 19.1 Å². The van der Waals surface area contributed by atoms with Gasteiger partial charge in [-0.1, -0.05) is 13.0 Å². The summed E-state index contributed by atoms with van der Waals surface area (Å²) in [6.07, 6.45) is 0.863. The number of nitrogens with two attached hydrogens (primary N) is 1. The maximum atomic E-state index is 8.81. The predicted molar refractivity (Wildman–Crippen MR) is 47.4 cm³/mol. The zero-order valence-electron chi connectivity index (χ0n) is 7.20. The standard InChI is InChI=1S/C9H14N2O/c1-2-8(10)9-5-3-4-7(6-12)11-9/h3-5,8,12H,2,6,10H2,1H3/t8-/m1/s1. The highest BCUT2D eigenvalue weighted by molar-refractivity contribution is 5.13. The molecule has 1 aromatic rings. The second-order valence-corrected chi connectivity index (χ2v) is 2.73. The van der Waals surface area contributed by atoms with Gasteiger partial charge in [-0.2, -0.15) is 0 Å². The van der Waals surface area contributed by atoms with Gasteiger partial charge in [-0.3, -0.25) is 4.98 Å². The average molecular weight is 166 g/mol. The zero-order chi connectivity index (χ0) is 8.97. The molecule has 0 aliphatic heterocycles. The molecular formula is C9H14N2O. The molecule has 3 N–H and O–H groups in total. The van der Waals surface area contributed by atoms with Crippen LogP contribution in [0.3, 0.4) is 0 Å². The number of nitrogens with zero attached hydrogens (tertiary/aromatic N) is 1. The van der Waals surface area contributed by atoms with E-state index in [2.05, 4.69) is 4.98 Å². The number of aliphatic hydroxyl groups is 1. The van der Waals surface area contributed by atoms with Gasteiger partial charge >= 0.3 is 0 Å². The van der Waals surface area contributed by atoms with Gasteiger partial charge in [-0.05, 0) is 18.6 Å². The van der Waals surface area contributed by atoms with E-state index in [-0.39, 0.29) is 12.6 Å². The van der Waals surface area contributed by atoms with E-state index in [0.29, 0.717) is 5.69 Å². The Morgan fingerprint density at radius 1 is 1.58 bits per heavy atom. The Morgan fingerprint density at radius 2 is 2.33 bits per heavy atom. The van der Waals surface area contributed by atoms with Crippen LogP contribution in [0.25, 0.3) is 0 Å². The lowest BCUT2D eigenvalue weighted by Crippen LogP contribution is -2.11. The smallest absolute Gasteiger partial charge is 0.0853 e. The van der Waals surface area contributed by atoms with Gasteiger partial charge in [0.05, 0.1) is 18.0 Å². The Hall–Kier alpha value is -0.930. The summed E-state index contributed by atoms with van der Waals surface area (Å²) >= 11 is 0. The fourth-order valence-corrected chi connectivity index (χ4v) is 1.00. The summed E-state index contributed by atoms with van der Waals surface area (Å²) in [6, 6.07) is 5.51. The maximum absolute atomic E-state index is 8.81. The minimum Gasteiger partial charge on any atom is -0.390 e. The van der Waals surface area contributed by atoms with Crippen molar-refractivity contribution in [3.8, 4) is 0 Å². The van der Waals surface area contributed by atoms with Gasteiger partial charge in [0.2, 0.25) is 0 Å². The fraction of sp³-hybridized carbons (Fsp3) is 0.444. The normalized spacial score (nSPS) is 12.9. The molecule has 12 heavy (non-hydrogen) atoms. The van der Waals surface area contributed by atoms with Crippen molar-refractivity contribution >= 4 is 0 Å². The lowest BCUT2D eigenvalue weighted by Gasteiger charge is -2.08. The van der Waals surface area contributed by atoms with Crippen molar-refractivity contribution in [2.45, 2.75) is 26.0 Å². The van der Waals surface area contributed by atoms with Crippen molar-refractivity contribution in [1.82, 2.24) is 4.98 Å². The van der Waals surface area contributed by atoms with Gasteiger partial charge in [0, 0.05) is 6.04 Å². The van der Waals surface area contributed by atoms with Crippen LogP contribution in [0.1, 0.15) is 30.8 Å². The highest BCUT2D eigenvalue weighted by Gasteiger charge is 2.04. The molecule has 1 rings (SSSR count). The largest absolute Gasteiger partial charge is 0.390 e. The molecule has 0 aliphatic rings. The van der Waals surface area contributed by atoms with Crippen LogP contribution in [0.15, 0.2) is 18.2 Å². The molecule has 0 bridgehead atoms. The summed E-state index contributed by atoms with van der Waals surface area (Å²) in [5.41, 5.74) is 7.30. The molecule has 0 fully saturated rings. The lowest BCUT2D eigenvalue weighted by atomic mass is 10.1. The SMILES string of the molecule is CC[C@@H](N)c1cccc(CO)n1. The molecule has 0 aliphatic carbocycles. The van der Waals surface area contributed by atoms with Gasteiger partial charge in [0.25, 0.3) is 0 Å². The number of rotatable bonds is 3. The number of hydrogen-bond acceptors (Lipinski definition) is 3. The molecule has 0 unspecified atom stereocenters. The minimum absolute atomic E-state index is 0.0171. The van der Waals surface area contributed by atoms with E-state index in [4.69, 9.17) is 10.8 Å². The molecular weight excluding hydrogens is 152 g/mol. The third-order valence-electron chi connectivity index (χ3n) is 1.81. The number of pyridine rings is 1. The Bertz CT molecular complexity index is 250. The molecule has 3 nitrogen and oxygen atoms in total. The third-order valence-corrected chi connectivity index (χ3v) is 1.81. The molecule has 1 aromatic heterocycles. The number of hydrogen-bond donors (Lipinski definition) is 2. The van der Waals surface area contributed by atoms with Crippen molar-refractivity contribution in [2.24, 2.45) is 5.73 Å². The maximum Gasteiger partial charge on any atom is 0.0853 e. The molecule has 0 saturated heterocycles. The first kappa shape index (κ1) is 9.16. The summed E-state index contributed by atoms with van der Waals surface area (Å²) in [5, 5.41) is 8.81. The highest BCUT2D eigenvalue weighted by atomic mass is 16.3. The second kappa shape index (κ2) is 4.18. The van der Waals surface area contributed by atoms with Crippen LogP contribution in [0, 0.1) is 0 Å². The van der Waals surface area contributed by atoms with Gasteiger partial charge in [0.1, 0.15) is 0 Å². The quantitative estimate of drug-likeness (QED) is 0.703. The topological polar surface area (TPSA) is 59.1 Å². The van der Waals surface area contributed by atoms with Gasteiger partial charge in [-0.25, -0.2) is 0 Å². The van der Waals surface area contributed by atoms with Crippen molar-refractivity contribution in [3.05, 3.63) is 29.6 Å². The molecule has 0 saturated carbocycles. The van der Waals surface area contributed by atoms with Crippen LogP contribution in [0.2, 0.25) is 0 Å². The molecule has 1 heterocycles. The zero-order valence-corrected chi connectivity index (χ0v) is 7.20. The Labute approximate surface area is 72.2 Å². The highest BCUT2D eigenvalue weighted by Crippen LogP contribution is 2.10. The fourth-order valence-electron chi connectivity index (χ4n) is 1.00. The summed E-state index contributed by atoms with van der Waals surface area (Å²) in [6.45, 7) is 1.99. The molecule has 0 spiro atoms. The monoisotopic (exact) mass is 166 g/mol. The van der Waals surface area contributed by atoms with Crippen LogP contribution in [0.4, 0.5) is 0 Å². The summed E-state index contributed by atoms with van der Waals surface area (Å²) in [4.78, 5) is 4.19. The minimum atomic E-state index is -0.0235. The van der Waals surface area contributed by atoms with Crippen molar-refractivity contribution in [3.63, 3.8) is 0 Å². The van der Waals surface area contributed by atoms with Crippen molar-refractivity contribution in [1.29, 1.82) is 0 Å². The number of aromatic nitrogens is 1. The molecule has 0 radical (unpaired) electrons. The molecule has 3 heteroatoms. The van der Waals surface area contributed by atoms with E-state index in [9.17, 15) is 0 Å². The first-order chi connectivity index (χ1) is 5.77. The Balaban J connectivity index is 2.86. The van der Waals surface area contributed by atoms with Crippen LogP contribution in [-0.2, 0) is 6.61 Å². The van der Waals surface area contributed by atoms with E-state index in [1.165, 1.54) is 0 Å².